The molecule has 3 aromatic rings. The molecule has 3 heterocycles. The SMILES string of the molecule is CNCc1cc(-c2cccnc2Cl)n(S(=O)(=O)c2cccnc2)c1. The predicted octanol–water partition coefficient (Wildman–Crippen LogP) is 2.55. The number of hydrogen-bond donors (Lipinski definition) is 1. The molecular weight excluding hydrogens is 348 g/mol. The highest BCUT2D eigenvalue weighted by Gasteiger charge is 2.23. The standard InChI is InChI=1S/C16H15ClN4O2S/c1-18-9-12-8-15(14-5-3-7-20-16(14)17)21(11-12)24(22,23)13-4-2-6-19-10-13/h2-8,10-11,18H,9H2,1H3. The van der Waals surface area contributed by atoms with E-state index < -0.39 is 10.0 Å². The van der Waals surface area contributed by atoms with Gasteiger partial charge in [-0.05, 0) is 42.9 Å². The van der Waals surface area contributed by atoms with E-state index in [1.807, 2.05) is 0 Å². The van der Waals surface area contributed by atoms with E-state index in [0.717, 1.165) is 5.56 Å². The first-order chi connectivity index (χ1) is 11.5. The Morgan fingerprint density at radius 2 is 2.04 bits per heavy atom. The summed E-state index contributed by atoms with van der Waals surface area (Å²) >= 11 is 6.17. The van der Waals surface area contributed by atoms with Crippen LogP contribution >= 0.6 is 11.6 Å². The van der Waals surface area contributed by atoms with Gasteiger partial charge in [-0.2, -0.15) is 0 Å². The van der Waals surface area contributed by atoms with Crippen LogP contribution in [0.4, 0.5) is 0 Å². The van der Waals surface area contributed by atoms with Crippen molar-refractivity contribution in [2.45, 2.75) is 11.4 Å². The highest BCUT2D eigenvalue weighted by molar-refractivity contribution is 7.90. The molecule has 0 radical (unpaired) electrons. The van der Waals surface area contributed by atoms with Gasteiger partial charge in [0.25, 0.3) is 10.0 Å². The molecular formula is C16H15ClN4O2S. The summed E-state index contributed by atoms with van der Waals surface area (Å²) in [5.41, 5.74) is 1.83. The number of pyridine rings is 2. The van der Waals surface area contributed by atoms with Gasteiger partial charge < -0.3 is 5.32 Å². The van der Waals surface area contributed by atoms with E-state index >= 15 is 0 Å². The zero-order valence-corrected chi connectivity index (χ0v) is 14.4. The van der Waals surface area contributed by atoms with Crippen molar-refractivity contribution in [2.75, 3.05) is 7.05 Å². The van der Waals surface area contributed by atoms with Gasteiger partial charge in [0.15, 0.2) is 0 Å². The van der Waals surface area contributed by atoms with Crippen molar-refractivity contribution in [3.63, 3.8) is 0 Å². The number of rotatable bonds is 5. The van der Waals surface area contributed by atoms with Crippen LogP contribution in [0.25, 0.3) is 11.3 Å². The van der Waals surface area contributed by atoms with Crippen LogP contribution in [0.2, 0.25) is 5.15 Å². The van der Waals surface area contributed by atoms with E-state index in [4.69, 9.17) is 11.6 Å². The van der Waals surface area contributed by atoms with E-state index in [2.05, 4.69) is 15.3 Å². The van der Waals surface area contributed by atoms with Crippen LogP contribution in [-0.4, -0.2) is 29.4 Å². The van der Waals surface area contributed by atoms with E-state index in [-0.39, 0.29) is 10.0 Å². The predicted molar refractivity (Wildman–Crippen MR) is 92.3 cm³/mol. The van der Waals surface area contributed by atoms with E-state index in [9.17, 15) is 8.42 Å². The zero-order chi connectivity index (χ0) is 17.2. The highest BCUT2D eigenvalue weighted by Crippen LogP contribution is 2.30. The van der Waals surface area contributed by atoms with Gasteiger partial charge in [0, 0.05) is 36.9 Å². The lowest BCUT2D eigenvalue weighted by Gasteiger charge is -2.11. The van der Waals surface area contributed by atoms with Crippen molar-refractivity contribution in [3.05, 3.63) is 65.8 Å². The Morgan fingerprint density at radius 1 is 1.25 bits per heavy atom. The van der Waals surface area contributed by atoms with Crippen LogP contribution in [0.5, 0.6) is 0 Å². The molecule has 0 aliphatic rings. The Labute approximate surface area is 145 Å². The molecule has 0 unspecified atom stereocenters. The van der Waals surface area contributed by atoms with E-state index in [1.54, 1.807) is 43.7 Å². The second kappa shape index (κ2) is 6.72. The van der Waals surface area contributed by atoms with Crippen LogP contribution in [0.15, 0.2) is 60.0 Å². The molecule has 8 heteroatoms. The first-order valence-corrected chi connectivity index (χ1v) is 8.98. The molecule has 0 saturated heterocycles. The number of hydrogen-bond acceptors (Lipinski definition) is 5. The molecule has 0 aliphatic heterocycles. The molecule has 0 bridgehead atoms. The van der Waals surface area contributed by atoms with Gasteiger partial charge >= 0.3 is 0 Å². The fourth-order valence-electron chi connectivity index (χ4n) is 2.38. The zero-order valence-electron chi connectivity index (χ0n) is 12.8. The maximum Gasteiger partial charge on any atom is 0.269 e. The lowest BCUT2D eigenvalue weighted by atomic mass is 10.2. The minimum absolute atomic E-state index is 0.109. The molecule has 0 aliphatic carbocycles. The van der Waals surface area contributed by atoms with Crippen LogP contribution in [-0.2, 0) is 16.6 Å². The second-order valence-electron chi connectivity index (χ2n) is 5.10. The topological polar surface area (TPSA) is 76.9 Å². The quantitative estimate of drug-likeness (QED) is 0.706. The minimum atomic E-state index is -3.79. The molecule has 0 atom stereocenters. The van der Waals surface area contributed by atoms with Gasteiger partial charge in [-0.15, -0.1) is 0 Å². The molecule has 3 rings (SSSR count). The van der Waals surface area contributed by atoms with Crippen molar-refractivity contribution in [2.24, 2.45) is 0 Å². The van der Waals surface area contributed by atoms with Crippen LogP contribution in [0, 0.1) is 0 Å². The summed E-state index contributed by atoms with van der Waals surface area (Å²) in [5.74, 6) is 0. The highest BCUT2D eigenvalue weighted by atomic mass is 35.5. The first kappa shape index (κ1) is 16.6. The van der Waals surface area contributed by atoms with Gasteiger partial charge in [-0.25, -0.2) is 17.4 Å². The van der Waals surface area contributed by atoms with Gasteiger partial charge in [-0.3, -0.25) is 4.98 Å². The maximum atomic E-state index is 13.0. The lowest BCUT2D eigenvalue weighted by Crippen LogP contribution is -2.14. The molecule has 124 valence electrons. The molecule has 0 spiro atoms. The van der Waals surface area contributed by atoms with Crippen LogP contribution in [0.1, 0.15) is 5.56 Å². The number of aromatic nitrogens is 3. The Kier molecular flexibility index (Phi) is 4.66. The summed E-state index contributed by atoms with van der Waals surface area (Å²) < 4.78 is 27.2. The third-order valence-electron chi connectivity index (χ3n) is 3.45. The van der Waals surface area contributed by atoms with Gasteiger partial charge in [-0.1, -0.05) is 11.6 Å². The number of nitrogens with one attached hydrogen (secondary N) is 1. The summed E-state index contributed by atoms with van der Waals surface area (Å²) in [6.07, 6.45) is 5.99. The molecule has 0 fully saturated rings. The van der Waals surface area contributed by atoms with Crippen molar-refractivity contribution in [1.82, 2.24) is 19.3 Å². The normalized spacial score (nSPS) is 11.6. The fraction of sp³-hybridized carbons (Fsp3) is 0.125. The average molecular weight is 363 g/mol. The number of nitrogens with zero attached hydrogens (tertiary/aromatic N) is 3. The van der Waals surface area contributed by atoms with Crippen molar-refractivity contribution in [1.29, 1.82) is 0 Å². The van der Waals surface area contributed by atoms with Gasteiger partial charge in [0.05, 0.1) is 5.69 Å². The van der Waals surface area contributed by atoms with E-state index in [1.165, 1.54) is 22.4 Å². The second-order valence-corrected chi connectivity index (χ2v) is 7.27. The first-order valence-electron chi connectivity index (χ1n) is 7.16. The summed E-state index contributed by atoms with van der Waals surface area (Å²) in [5, 5.41) is 3.26. The Bertz CT molecular complexity index is 955. The summed E-state index contributed by atoms with van der Waals surface area (Å²) in [4.78, 5) is 8.04. The molecule has 1 N–H and O–H groups in total. The molecule has 24 heavy (non-hydrogen) atoms. The minimum Gasteiger partial charge on any atom is -0.316 e. The molecule has 3 aromatic heterocycles. The smallest absolute Gasteiger partial charge is 0.269 e. The lowest BCUT2D eigenvalue weighted by molar-refractivity contribution is 0.587. The Hall–Kier alpha value is -2.22. The monoisotopic (exact) mass is 362 g/mol. The van der Waals surface area contributed by atoms with E-state index in [0.29, 0.717) is 17.8 Å². The molecule has 6 nitrogen and oxygen atoms in total. The summed E-state index contributed by atoms with van der Waals surface area (Å²) in [6, 6.07) is 8.33. The molecule has 0 aromatic carbocycles. The molecule has 0 amide bonds. The van der Waals surface area contributed by atoms with Crippen LogP contribution < -0.4 is 5.32 Å². The number of halogens is 1. The summed E-state index contributed by atoms with van der Waals surface area (Å²) in [7, 11) is -2.00. The third kappa shape index (κ3) is 3.06. The van der Waals surface area contributed by atoms with Gasteiger partial charge in [0.1, 0.15) is 10.0 Å². The maximum absolute atomic E-state index is 13.0. The van der Waals surface area contributed by atoms with Gasteiger partial charge in [0.2, 0.25) is 0 Å². The fourth-order valence-corrected chi connectivity index (χ4v) is 3.96. The van der Waals surface area contributed by atoms with Crippen molar-refractivity contribution in [3.8, 4) is 11.3 Å². The largest absolute Gasteiger partial charge is 0.316 e. The van der Waals surface area contributed by atoms with Crippen LogP contribution in [0.3, 0.4) is 0 Å². The third-order valence-corrected chi connectivity index (χ3v) is 5.41. The average Bonchev–Trinajstić information content (AvgIpc) is 3.01. The Morgan fingerprint density at radius 3 is 2.71 bits per heavy atom. The molecule has 0 saturated carbocycles. The van der Waals surface area contributed by atoms with Crippen molar-refractivity contribution < 1.29 is 8.42 Å². The van der Waals surface area contributed by atoms with Crippen molar-refractivity contribution >= 4 is 21.6 Å². The Balaban J connectivity index is 2.23. The summed E-state index contributed by atoms with van der Waals surface area (Å²) in [6.45, 7) is 0.528.